The minimum Gasteiger partial charge on any atom is -0.478 e. The van der Waals surface area contributed by atoms with Crippen LogP contribution in [0, 0.1) is 0 Å². The van der Waals surface area contributed by atoms with Crippen molar-refractivity contribution in [2.75, 3.05) is 0 Å². The summed E-state index contributed by atoms with van der Waals surface area (Å²) in [4.78, 5) is 36.7. The molecule has 1 aliphatic rings. The second-order valence-electron chi connectivity index (χ2n) is 4.89. The summed E-state index contributed by atoms with van der Waals surface area (Å²) >= 11 is 5.89. The topological polar surface area (TPSA) is 74.7 Å². The Kier molecular flexibility index (Phi) is 3.42. The molecule has 0 fully saturated rings. The third-order valence-corrected chi connectivity index (χ3v) is 3.68. The summed E-state index contributed by atoms with van der Waals surface area (Å²) in [6.45, 7) is 0.0926. The molecule has 1 aliphatic heterocycles. The van der Waals surface area contributed by atoms with Crippen molar-refractivity contribution in [1.82, 2.24) is 4.90 Å². The summed E-state index contributed by atoms with van der Waals surface area (Å²) in [6, 6.07) is 10.8. The van der Waals surface area contributed by atoms with Crippen molar-refractivity contribution < 1.29 is 19.5 Å². The molecule has 0 aromatic heterocycles. The second kappa shape index (κ2) is 5.27. The van der Waals surface area contributed by atoms with Gasteiger partial charge in [-0.05, 0) is 35.9 Å². The van der Waals surface area contributed by atoms with E-state index in [1.165, 1.54) is 18.2 Å². The van der Waals surface area contributed by atoms with E-state index in [0.717, 1.165) is 10.5 Å². The van der Waals surface area contributed by atoms with Crippen molar-refractivity contribution in [1.29, 1.82) is 0 Å². The lowest BCUT2D eigenvalue weighted by Gasteiger charge is -2.13. The molecule has 5 nitrogen and oxygen atoms in total. The predicted octanol–water partition coefficient (Wildman–Crippen LogP) is 2.83. The molecule has 3 rings (SSSR count). The molecule has 2 aromatic carbocycles. The summed E-state index contributed by atoms with van der Waals surface area (Å²) in [6.07, 6.45) is 0. The van der Waals surface area contributed by atoms with Gasteiger partial charge < -0.3 is 5.11 Å². The molecular formula is C16H10ClNO4. The molecule has 0 radical (unpaired) electrons. The average Bonchev–Trinajstić information content (AvgIpc) is 2.72. The first-order valence-electron chi connectivity index (χ1n) is 6.45. The Morgan fingerprint density at radius 1 is 1.05 bits per heavy atom. The van der Waals surface area contributed by atoms with Crippen LogP contribution in [0.15, 0.2) is 42.5 Å². The average molecular weight is 316 g/mol. The van der Waals surface area contributed by atoms with Crippen molar-refractivity contribution in [3.8, 4) is 0 Å². The number of benzene rings is 2. The SMILES string of the molecule is O=C(O)c1ccc2c(c1)C(=O)N(Cc1cccc(Cl)c1)C2=O. The molecule has 110 valence electrons. The van der Waals surface area contributed by atoms with E-state index >= 15 is 0 Å². The molecule has 0 aliphatic carbocycles. The maximum absolute atomic E-state index is 12.4. The molecule has 22 heavy (non-hydrogen) atoms. The second-order valence-corrected chi connectivity index (χ2v) is 5.33. The Balaban J connectivity index is 1.94. The number of hydrogen-bond donors (Lipinski definition) is 1. The quantitative estimate of drug-likeness (QED) is 0.884. The zero-order valence-corrected chi connectivity index (χ0v) is 12.0. The Labute approximate surface area is 130 Å². The van der Waals surface area contributed by atoms with Crippen molar-refractivity contribution in [3.05, 3.63) is 69.7 Å². The van der Waals surface area contributed by atoms with Gasteiger partial charge in [-0.15, -0.1) is 0 Å². The van der Waals surface area contributed by atoms with Gasteiger partial charge in [0.1, 0.15) is 0 Å². The predicted molar refractivity (Wildman–Crippen MR) is 79.1 cm³/mol. The van der Waals surface area contributed by atoms with Crippen LogP contribution in [0.25, 0.3) is 0 Å². The van der Waals surface area contributed by atoms with Crippen molar-refractivity contribution >= 4 is 29.4 Å². The van der Waals surface area contributed by atoms with E-state index in [1.54, 1.807) is 24.3 Å². The summed E-state index contributed by atoms with van der Waals surface area (Å²) in [5, 5.41) is 9.49. The summed E-state index contributed by atoms with van der Waals surface area (Å²) in [5.74, 6) is -2.07. The fourth-order valence-corrected chi connectivity index (χ4v) is 2.60. The van der Waals surface area contributed by atoms with E-state index in [-0.39, 0.29) is 23.2 Å². The van der Waals surface area contributed by atoms with Crippen LogP contribution in [0.2, 0.25) is 5.02 Å². The molecule has 0 atom stereocenters. The number of carboxylic acids is 1. The molecule has 2 aromatic rings. The molecule has 2 amide bonds. The third kappa shape index (κ3) is 2.35. The molecule has 6 heteroatoms. The lowest BCUT2D eigenvalue weighted by molar-refractivity contribution is 0.0641. The first-order valence-corrected chi connectivity index (χ1v) is 6.83. The maximum atomic E-state index is 12.4. The molecule has 1 heterocycles. The normalized spacial score (nSPS) is 13.4. The van der Waals surface area contributed by atoms with Crippen molar-refractivity contribution in [2.45, 2.75) is 6.54 Å². The number of imide groups is 1. The van der Waals surface area contributed by atoms with Crippen molar-refractivity contribution in [3.63, 3.8) is 0 Å². The van der Waals surface area contributed by atoms with E-state index < -0.39 is 17.8 Å². The first kappa shape index (κ1) is 14.3. The highest BCUT2D eigenvalue weighted by Crippen LogP contribution is 2.26. The van der Waals surface area contributed by atoms with E-state index in [0.29, 0.717) is 5.02 Å². The number of rotatable bonds is 3. The first-order chi connectivity index (χ1) is 10.5. The van der Waals surface area contributed by atoms with Crippen LogP contribution in [-0.4, -0.2) is 27.8 Å². The van der Waals surface area contributed by atoms with Gasteiger partial charge in [0.2, 0.25) is 0 Å². The molecule has 0 unspecified atom stereocenters. The summed E-state index contributed by atoms with van der Waals surface area (Å²) in [5.41, 5.74) is 1.04. The fraction of sp³-hybridized carbons (Fsp3) is 0.0625. The zero-order valence-electron chi connectivity index (χ0n) is 11.2. The Morgan fingerprint density at radius 2 is 1.77 bits per heavy atom. The van der Waals surface area contributed by atoms with Crippen LogP contribution in [0.5, 0.6) is 0 Å². The monoisotopic (exact) mass is 315 g/mol. The molecule has 0 saturated carbocycles. The van der Waals surface area contributed by atoms with Gasteiger partial charge in [-0.1, -0.05) is 23.7 Å². The van der Waals surface area contributed by atoms with Crippen LogP contribution in [0.4, 0.5) is 0 Å². The number of aromatic carboxylic acids is 1. The number of carbonyl (C=O) groups is 3. The van der Waals surface area contributed by atoms with Crippen molar-refractivity contribution in [2.24, 2.45) is 0 Å². The smallest absolute Gasteiger partial charge is 0.335 e. The number of carboxylic acid groups (broad SMARTS) is 1. The molecular weight excluding hydrogens is 306 g/mol. The number of amides is 2. The highest BCUT2D eigenvalue weighted by molar-refractivity contribution is 6.30. The van der Waals surface area contributed by atoms with Gasteiger partial charge in [-0.2, -0.15) is 0 Å². The van der Waals surface area contributed by atoms with Crippen LogP contribution in [0.3, 0.4) is 0 Å². The van der Waals surface area contributed by atoms with E-state index in [9.17, 15) is 14.4 Å². The number of nitrogens with zero attached hydrogens (tertiary/aromatic N) is 1. The Hall–Kier alpha value is -2.66. The summed E-state index contributed by atoms with van der Waals surface area (Å²) < 4.78 is 0. The lowest BCUT2D eigenvalue weighted by Crippen LogP contribution is -2.29. The van der Waals surface area contributed by atoms with Gasteiger partial charge in [0, 0.05) is 5.02 Å². The van der Waals surface area contributed by atoms with Crippen LogP contribution in [0.1, 0.15) is 36.6 Å². The van der Waals surface area contributed by atoms with Gasteiger partial charge in [0.15, 0.2) is 0 Å². The minimum atomic E-state index is -1.14. The Bertz CT molecular complexity index is 816. The van der Waals surface area contributed by atoms with E-state index in [2.05, 4.69) is 0 Å². The lowest BCUT2D eigenvalue weighted by atomic mass is 10.1. The highest BCUT2D eigenvalue weighted by atomic mass is 35.5. The minimum absolute atomic E-state index is 0.0236. The molecule has 0 bridgehead atoms. The van der Waals surface area contributed by atoms with Crippen LogP contribution >= 0.6 is 11.6 Å². The zero-order chi connectivity index (χ0) is 15.9. The van der Waals surface area contributed by atoms with Crippen LogP contribution < -0.4 is 0 Å². The van der Waals surface area contributed by atoms with E-state index in [1.807, 2.05) is 0 Å². The van der Waals surface area contributed by atoms with Gasteiger partial charge in [-0.25, -0.2) is 4.79 Å². The number of carbonyl (C=O) groups excluding carboxylic acids is 2. The Morgan fingerprint density at radius 3 is 2.45 bits per heavy atom. The molecule has 0 saturated heterocycles. The molecule has 0 spiro atoms. The van der Waals surface area contributed by atoms with Gasteiger partial charge in [0.05, 0.1) is 23.2 Å². The summed E-state index contributed by atoms with van der Waals surface area (Å²) in [7, 11) is 0. The number of halogens is 1. The highest BCUT2D eigenvalue weighted by Gasteiger charge is 2.35. The number of hydrogen-bond acceptors (Lipinski definition) is 3. The maximum Gasteiger partial charge on any atom is 0.335 e. The van der Waals surface area contributed by atoms with Crippen LogP contribution in [-0.2, 0) is 6.54 Å². The fourth-order valence-electron chi connectivity index (χ4n) is 2.39. The molecule has 1 N–H and O–H groups in total. The van der Waals surface area contributed by atoms with E-state index in [4.69, 9.17) is 16.7 Å². The van der Waals surface area contributed by atoms with Gasteiger partial charge in [0.25, 0.3) is 11.8 Å². The van der Waals surface area contributed by atoms with Gasteiger partial charge in [-0.3, -0.25) is 14.5 Å². The standard InChI is InChI=1S/C16H10ClNO4/c17-11-3-1-2-9(6-11)8-18-14(19)12-5-4-10(16(21)22)7-13(12)15(18)20/h1-7H,8H2,(H,21,22). The van der Waals surface area contributed by atoms with Gasteiger partial charge >= 0.3 is 5.97 Å². The third-order valence-electron chi connectivity index (χ3n) is 3.45. The number of fused-ring (bicyclic) bond motifs is 1. The largest absolute Gasteiger partial charge is 0.478 e.